The van der Waals surface area contributed by atoms with Gasteiger partial charge in [0.15, 0.2) is 0 Å². The van der Waals surface area contributed by atoms with Gasteiger partial charge >= 0.3 is 6.03 Å². The largest absolute Gasteiger partial charge is 0.352 e. The summed E-state index contributed by atoms with van der Waals surface area (Å²) in [6, 6.07) is 18.7. The van der Waals surface area contributed by atoms with E-state index in [0.29, 0.717) is 19.5 Å². The molecule has 1 aliphatic heterocycles. The molecule has 0 fully saturated rings. The van der Waals surface area contributed by atoms with Crippen molar-refractivity contribution in [1.82, 2.24) is 15.6 Å². The van der Waals surface area contributed by atoms with Gasteiger partial charge < -0.3 is 15.5 Å². The van der Waals surface area contributed by atoms with E-state index in [-0.39, 0.29) is 11.8 Å². The van der Waals surface area contributed by atoms with Crippen LogP contribution in [0.3, 0.4) is 0 Å². The summed E-state index contributed by atoms with van der Waals surface area (Å²) >= 11 is 0. The second-order valence-electron chi connectivity index (χ2n) is 7.45. The molecule has 2 amide bonds. The summed E-state index contributed by atoms with van der Waals surface area (Å²) < 4.78 is 13.2. The summed E-state index contributed by atoms with van der Waals surface area (Å²) in [5.41, 5.74) is 4.57. The van der Waals surface area contributed by atoms with Gasteiger partial charge in [0, 0.05) is 32.4 Å². The number of aromatic nitrogens is 1. The number of fused-ring (bicyclic) bond motifs is 1. The van der Waals surface area contributed by atoms with E-state index in [0.717, 1.165) is 36.5 Å². The summed E-state index contributed by atoms with van der Waals surface area (Å²) in [6.45, 7) is 2.68. The number of nitrogens with one attached hydrogen (secondary N) is 2. The monoisotopic (exact) mass is 404 g/mol. The fraction of sp³-hybridized carbons (Fsp3) is 0.250. The molecule has 30 heavy (non-hydrogen) atoms. The molecule has 3 aromatic rings. The van der Waals surface area contributed by atoms with Crippen molar-refractivity contribution >= 4 is 11.8 Å². The van der Waals surface area contributed by atoms with Crippen molar-refractivity contribution in [3.8, 4) is 0 Å². The van der Waals surface area contributed by atoms with Gasteiger partial charge in [-0.05, 0) is 53.3 Å². The Morgan fingerprint density at radius 2 is 1.87 bits per heavy atom. The number of pyridine rings is 1. The lowest BCUT2D eigenvalue weighted by Gasteiger charge is -2.29. The van der Waals surface area contributed by atoms with Crippen LogP contribution in [0.5, 0.6) is 0 Å². The number of rotatable bonds is 6. The summed E-state index contributed by atoms with van der Waals surface area (Å²) in [4.78, 5) is 18.8. The molecule has 0 aliphatic carbocycles. The second kappa shape index (κ2) is 9.39. The minimum absolute atomic E-state index is 0.247. The van der Waals surface area contributed by atoms with Crippen molar-refractivity contribution in [2.75, 3.05) is 18.0 Å². The lowest BCUT2D eigenvalue weighted by molar-refractivity contribution is 0.240. The molecule has 0 unspecified atom stereocenters. The van der Waals surface area contributed by atoms with Crippen LogP contribution in [0.25, 0.3) is 0 Å². The fourth-order valence-electron chi connectivity index (χ4n) is 3.66. The highest BCUT2D eigenvalue weighted by Crippen LogP contribution is 2.22. The van der Waals surface area contributed by atoms with E-state index in [4.69, 9.17) is 0 Å². The van der Waals surface area contributed by atoms with Gasteiger partial charge in [-0.2, -0.15) is 0 Å². The molecule has 5 nitrogen and oxygen atoms in total. The van der Waals surface area contributed by atoms with Gasteiger partial charge in [0.1, 0.15) is 11.6 Å². The minimum atomic E-state index is -0.262. The Kier molecular flexibility index (Phi) is 6.23. The first-order valence-corrected chi connectivity index (χ1v) is 10.2. The van der Waals surface area contributed by atoms with Gasteiger partial charge in [0.25, 0.3) is 0 Å². The van der Waals surface area contributed by atoms with Crippen LogP contribution in [0, 0.1) is 5.82 Å². The predicted molar refractivity (Wildman–Crippen MR) is 116 cm³/mol. The van der Waals surface area contributed by atoms with E-state index in [2.05, 4.69) is 44.8 Å². The van der Waals surface area contributed by atoms with Crippen LogP contribution in [-0.2, 0) is 25.9 Å². The molecular formula is C24H25FN4O. The van der Waals surface area contributed by atoms with Crippen molar-refractivity contribution in [2.45, 2.75) is 25.9 Å². The van der Waals surface area contributed by atoms with Crippen LogP contribution in [0.1, 0.15) is 22.3 Å². The lowest BCUT2D eigenvalue weighted by Crippen LogP contribution is -2.36. The molecule has 1 aliphatic rings. The zero-order valence-electron chi connectivity index (χ0n) is 16.8. The average Bonchev–Trinajstić information content (AvgIpc) is 2.78. The Labute approximate surface area is 176 Å². The van der Waals surface area contributed by atoms with Crippen LogP contribution in [0.15, 0.2) is 66.9 Å². The maximum Gasteiger partial charge on any atom is 0.315 e. The molecule has 0 saturated heterocycles. The Balaban J connectivity index is 1.22. The normalized spacial score (nSPS) is 12.9. The predicted octanol–water partition coefficient (Wildman–Crippen LogP) is 3.83. The lowest BCUT2D eigenvalue weighted by atomic mass is 10.00. The van der Waals surface area contributed by atoms with Gasteiger partial charge in [0.2, 0.25) is 0 Å². The molecular weight excluding hydrogens is 379 g/mol. The maximum atomic E-state index is 13.2. The molecule has 6 heteroatoms. The zero-order chi connectivity index (χ0) is 20.8. The molecule has 2 aromatic carbocycles. The molecule has 0 saturated carbocycles. The molecule has 154 valence electrons. The maximum absolute atomic E-state index is 13.2. The first-order chi connectivity index (χ1) is 14.7. The van der Waals surface area contributed by atoms with Crippen LogP contribution in [-0.4, -0.2) is 24.1 Å². The number of hydrogen-bond donors (Lipinski definition) is 2. The van der Waals surface area contributed by atoms with E-state index in [1.807, 2.05) is 24.4 Å². The standard InChI is InChI=1S/C24H25FN4O/c25-22-7-3-4-18(14-22)10-12-26-24(30)28-16-19-8-9-23(27-15-19)29-13-11-20-5-1-2-6-21(20)17-29/h1-9,14-15H,10-13,16-17H2,(H2,26,28,30). The van der Waals surface area contributed by atoms with Gasteiger partial charge in [-0.1, -0.05) is 42.5 Å². The molecule has 2 N–H and O–H groups in total. The molecule has 1 aromatic heterocycles. The van der Waals surface area contributed by atoms with Gasteiger partial charge in [-0.25, -0.2) is 14.2 Å². The van der Waals surface area contributed by atoms with Crippen molar-refractivity contribution in [2.24, 2.45) is 0 Å². The molecule has 2 heterocycles. The molecule has 0 atom stereocenters. The molecule has 0 spiro atoms. The smallest absolute Gasteiger partial charge is 0.315 e. The van der Waals surface area contributed by atoms with Crippen molar-refractivity contribution in [3.05, 3.63) is 94.9 Å². The van der Waals surface area contributed by atoms with Gasteiger partial charge in [-0.15, -0.1) is 0 Å². The second-order valence-corrected chi connectivity index (χ2v) is 7.45. The number of amides is 2. The number of urea groups is 1. The number of nitrogens with zero attached hydrogens (tertiary/aromatic N) is 2. The third-order valence-electron chi connectivity index (χ3n) is 5.31. The van der Waals surface area contributed by atoms with E-state index in [1.165, 1.54) is 23.3 Å². The van der Waals surface area contributed by atoms with Crippen LogP contribution < -0.4 is 15.5 Å². The van der Waals surface area contributed by atoms with Crippen LogP contribution in [0.2, 0.25) is 0 Å². The zero-order valence-corrected chi connectivity index (χ0v) is 16.8. The number of benzene rings is 2. The van der Waals surface area contributed by atoms with Gasteiger partial charge in [0.05, 0.1) is 0 Å². The third-order valence-corrected chi connectivity index (χ3v) is 5.31. The van der Waals surface area contributed by atoms with E-state index >= 15 is 0 Å². The number of carbonyl (C=O) groups is 1. The van der Waals surface area contributed by atoms with E-state index < -0.39 is 0 Å². The highest BCUT2D eigenvalue weighted by atomic mass is 19.1. The fourth-order valence-corrected chi connectivity index (χ4v) is 3.66. The Hall–Kier alpha value is -3.41. The molecule has 0 bridgehead atoms. The Morgan fingerprint density at radius 3 is 2.67 bits per heavy atom. The minimum Gasteiger partial charge on any atom is -0.352 e. The summed E-state index contributed by atoms with van der Waals surface area (Å²) in [5, 5.41) is 5.62. The highest BCUT2D eigenvalue weighted by molar-refractivity contribution is 5.73. The van der Waals surface area contributed by atoms with Crippen molar-refractivity contribution < 1.29 is 9.18 Å². The summed E-state index contributed by atoms with van der Waals surface area (Å²) in [7, 11) is 0. The quantitative estimate of drug-likeness (QED) is 0.657. The van der Waals surface area contributed by atoms with Crippen LogP contribution >= 0.6 is 0 Å². The number of halogens is 1. The van der Waals surface area contributed by atoms with E-state index in [1.54, 1.807) is 6.07 Å². The van der Waals surface area contributed by atoms with Crippen LogP contribution in [0.4, 0.5) is 15.0 Å². The first-order valence-electron chi connectivity index (χ1n) is 10.2. The topological polar surface area (TPSA) is 57.3 Å². The molecule has 4 rings (SSSR count). The first kappa shape index (κ1) is 19.9. The highest BCUT2D eigenvalue weighted by Gasteiger charge is 2.16. The number of carbonyl (C=O) groups excluding carboxylic acids is 1. The summed E-state index contributed by atoms with van der Waals surface area (Å²) in [6.07, 6.45) is 3.42. The van der Waals surface area contributed by atoms with E-state index in [9.17, 15) is 9.18 Å². The van der Waals surface area contributed by atoms with Crippen molar-refractivity contribution in [1.29, 1.82) is 0 Å². The van der Waals surface area contributed by atoms with Gasteiger partial charge in [-0.3, -0.25) is 0 Å². The Bertz CT molecular complexity index is 1010. The Morgan fingerprint density at radius 1 is 1.00 bits per heavy atom. The number of hydrogen-bond acceptors (Lipinski definition) is 3. The average molecular weight is 404 g/mol. The number of anilines is 1. The summed E-state index contributed by atoms with van der Waals surface area (Å²) in [5.74, 6) is 0.689. The SMILES string of the molecule is O=C(NCCc1cccc(F)c1)NCc1ccc(N2CCc3ccccc3C2)nc1. The third kappa shape index (κ3) is 5.14. The van der Waals surface area contributed by atoms with Crippen molar-refractivity contribution in [3.63, 3.8) is 0 Å². The molecule has 0 radical (unpaired) electrons.